The number of nitrogens with zero attached hydrogens (tertiary/aromatic N) is 2. The molecule has 0 aliphatic carbocycles. The molecule has 2 aliphatic heterocycles. The van der Waals surface area contributed by atoms with Crippen molar-refractivity contribution in [1.29, 1.82) is 0 Å². The van der Waals surface area contributed by atoms with E-state index in [4.69, 9.17) is 9.47 Å². The number of unbranched alkanes of at least 4 members (excludes halogenated alkanes) is 2. The predicted octanol–water partition coefficient (Wildman–Crippen LogP) is 7.49. The molecule has 2 saturated heterocycles. The van der Waals surface area contributed by atoms with Gasteiger partial charge in [0.1, 0.15) is 0 Å². The summed E-state index contributed by atoms with van der Waals surface area (Å²) in [7, 11) is 0. The van der Waals surface area contributed by atoms with Gasteiger partial charge in [0.25, 0.3) is 0 Å². The maximum absolute atomic E-state index is 12.1. The Balaban J connectivity index is 1.42. The Bertz CT molecular complexity index is 674. The van der Waals surface area contributed by atoms with Crippen molar-refractivity contribution in [2.24, 2.45) is 23.2 Å². The first-order valence-electron chi connectivity index (χ1n) is 16.9. The van der Waals surface area contributed by atoms with Crippen molar-refractivity contribution in [3.8, 4) is 0 Å². The van der Waals surface area contributed by atoms with Crippen LogP contribution in [0.15, 0.2) is 0 Å². The molecular weight excluding hydrogens is 500 g/mol. The zero-order chi connectivity index (χ0) is 29.2. The third-order valence-electron chi connectivity index (χ3n) is 8.93. The Hall–Kier alpha value is -1.14. The molecule has 0 spiro atoms. The van der Waals surface area contributed by atoms with E-state index in [-0.39, 0.29) is 11.9 Å². The van der Waals surface area contributed by atoms with Gasteiger partial charge in [-0.15, -0.1) is 0 Å². The molecule has 0 unspecified atom stereocenters. The van der Waals surface area contributed by atoms with E-state index in [0.29, 0.717) is 31.5 Å². The fourth-order valence-electron chi connectivity index (χ4n) is 6.12. The molecule has 234 valence electrons. The summed E-state index contributed by atoms with van der Waals surface area (Å²) in [6, 6.07) is 0. The van der Waals surface area contributed by atoms with E-state index in [2.05, 4.69) is 44.4 Å². The van der Waals surface area contributed by atoms with Gasteiger partial charge in [-0.2, -0.15) is 0 Å². The third kappa shape index (κ3) is 17.6. The summed E-state index contributed by atoms with van der Waals surface area (Å²) in [6.07, 6.45) is 16.8. The number of piperidine rings is 2. The summed E-state index contributed by atoms with van der Waals surface area (Å²) in [5.74, 6) is 2.37. The summed E-state index contributed by atoms with van der Waals surface area (Å²) in [6.45, 7) is 18.6. The monoisotopic (exact) mass is 564 g/mol. The van der Waals surface area contributed by atoms with Crippen molar-refractivity contribution in [2.75, 3.05) is 52.5 Å². The van der Waals surface area contributed by atoms with E-state index >= 15 is 0 Å². The van der Waals surface area contributed by atoms with Gasteiger partial charge >= 0.3 is 11.9 Å². The van der Waals surface area contributed by atoms with Gasteiger partial charge in [-0.1, -0.05) is 60.3 Å². The summed E-state index contributed by atoms with van der Waals surface area (Å²) < 4.78 is 10.9. The Morgan fingerprint density at radius 3 is 1.57 bits per heavy atom. The molecule has 0 aromatic rings. The van der Waals surface area contributed by atoms with Crippen LogP contribution in [-0.4, -0.2) is 74.2 Å². The Morgan fingerprint density at radius 2 is 1.15 bits per heavy atom. The molecule has 2 fully saturated rings. The second-order valence-electron chi connectivity index (χ2n) is 14.3. The lowest BCUT2D eigenvalue weighted by molar-refractivity contribution is -0.145. The molecule has 0 atom stereocenters. The first-order valence-corrected chi connectivity index (χ1v) is 16.9. The first-order chi connectivity index (χ1) is 19.1. The zero-order valence-corrected chi connectivity index (χ0v) is 27.0. The Morgan fingerprint density at radius 1 is 0.700 bits per heavy atom. The van der Waals surface area contributed by atoms with E-state index in [1.807, 2.05) is 0 Å². The molecule has 40 heavy (non-hydrogen) atoms. The fraction of sp³-hybridized carbons (Fsp3) is 0.941. The molecule has 6 nitrogen and oxygen atoms in total. The van der Waals surface area contributed by atoms with Gasteiger partial charge in [-0.3, -0.25) is 9.59 Å². The molecule has 2 heterocycles. The minimum absolute atomic E-state index is 0.0280. The molecule has 0 aromatic carbocycles. The molecule has 2 rings (SSSR count). The van der Waals surface area contributed by atoms with E-state index < -0.39 is 0 Å². The van der Waals surface area contributed by atoms with Crippen LogP contribution in [0.4, 0.5) is 0 Å². The van der Waals surface area contributed by atoms with Gasteiger partial charge in [0.15, 0.2) is 0 Å². The second kappa shape index (κ2) is 19.9. The quantitative estimate of drug-likeness (QED) is 0.120. The molecule has 6 heteroatoms. The van der Waals surface area contributed by atoms with Crippen molar-refractivity contribution < 1.29 is 19.1 Å². The van der Waals surface area contributed by atoms with E-state index in [1.165, 1.54) is 57.8 Å². The van der Waals surface area contributed by atoms with Crippen LogP contribution in [0.2, 0.25) is 0 Å². The highest BCUT2D eigenvalue weighted by molar-refractivity contribution is 5.69. The Labute approximate surface area is 247 Å². The number of carbonyl (C=O) groups is 2. The van der Waals surface area contributed by atoms with Crippen molar-refractivity contribution in [3.05, 3.63) is 0 Å². The average molecular weight is 565 g/mol. The SMILES string of the molecule is CC(C)CCCCOC(=O)CCN1CCC(CCCC2CCN(CCC(=O)OCCCCC(C)(C)C)CC2)CC1. The maximum atomic E-state index is 12.1. The number of esters is 2. The normalized spacial score (nSPS) is 18.4. The molecule has 0 N–H and O–H groups in total. The number of hydrogen-bond donors (Lipinski definition) is 0. The molecule has 0 amide bonds. The standard InChI is InChI=1S/C34H64N2O4/c1-29(2)11-6-8-27-39-32(37)18-25-35-21-14-30(15-22-35)12-10-13-31-16-23-36(24-17-31)26-19-33(38)40-28-9-7-20-34(3,4)5/h29-31H,6-28H2,1-5H3. The van der Waals surface area contributed by atoms with E-state index in [0.717, 1.165) is 82.7 Å². The number of ether oxygens (including phenoxy) is 2. The van der Waals surface area contributed by atoms with Gasteiger partial charge in [0.05, 0.1) is 26.1 Å². The second-order valence-corrected chi connectivity index (χ2v) is 14.3. The molecular formula is C34H64N2O4. The van der Waals surface area contributed by atoms with Crippen LogP contribution in [-0.2, 0) is 19.1 Å². The largest absolute Gasteiger partial charge is 0.466 e. The minimum atomic E-state index is -0.0311. The average Bonchev–Trinajstić information content (AvgIpc) is 2.91. The molecule has 0 saturated carbocycles. The zero-order valence-electron chi connectivity index (χ0n) is 27.0. The van der Waals surface area contributed by atoms with Crippen LogP contribution >= 0.6 is 0 Å². The van der Waals surface area contributed by atoms with Crippen LogP contribution < -0.4 is 0 Å². The summed E-state index contributed by atoms with van der Waals surface area (Å²) in [5, 5.41) is 0. The van der Waals surface area contributed by atoms with E-state index in [9.17, 15) is 9.59 Å². The number of carbonyl (C=O) groups excluding carboxylic acids is 2. The lowest BCUT2D eigenvalue weighted by Crippen LogP contribution is -2.36. The molecule has 0 radical (unpaired) electrons. The predicted molar refractivity (Wildman–Crippen MR) is 165 cm³/mol. The molecule has 0 aromatic heterocycles. The van der Waals surface area contributed by atoms with Gasteiger partial charge in [-0.05, 0) is 107 Å². The molecule has 2 aliphatic rings. The summed E-state index contributed by atoms with van der Waals surface area (Å²) >= 11 is 0. The summed E-state index contributed by atoms with van der Waals surface area (Å²) in [5.41, 5.74) is 0.361. The first kappa shape index (κ1) is 35.1. The van der Waals surface area contributed by atoms with Gasteiger partial charge in [0.2, 0.25) is 0 Å². The van der Waals surface area contributed by atoms with Crippen molar-refractivity contribution in [3.63, 3.8) is 0 Å². The summed E-state index contributed by atoms with van der Waals surface area (Å²) in [4.78, 5) is 29.0. The smallest absolute Gasteiger partial charge is 0.307 e. The Kier molecular flexibility index (Phi) is 17.4. The van der Waals surface area contributed by atoms with Crippen LogP contribution in [0.25, 0.3) is 0 Å². The number of hydrogen-bond acceptors (Lipinski definition) is 6. The van der Waals surface area contributed by atoms with Crippen molar-refractivity contribution in [1.82, 2.24) is 9.80 Å². The lowest BCUT2D eigenvalue weighted by Gasteiger charge is -2.33. The van der Waals surface area contributed by atoms with Gasteiger partial charge in [-0.25, -0.2) is 0 Å². The van der Waals surface area contributed by atoms with Crippen molar-refractivity contribution in [2.45, 2.75) is 131 Å². The topological polar surface area (TPSA) is 59.1 Å². The van der Waals surface area contributed by atoms with Crippen LogP contribution in [0, 0.1) is 23.2 Å². The third-order valence-corrected chi connectivity index (χ3v) is 8.93. The van der Waals surface area contributed by atoms with Crippen LogP contribution in [0.5, 0.6) is 0 Å². The minimum Gasteiger partial charge on any atom is -0.466 e. The molecule has 0 bridgehead atoms. The highest BCUT2D eigenvalue weighted by Gasteiger charge is 2.22. The lowest BCUT2D eigenvalue weighted by atomic mass is 9.87. The number of likely N-dealkylation sites (tertiary alicyclic amines) is 2. The van der Waals surface area contributed by atoms with Gasteiger partial charge < -0.3 is 19.3 Å². The maximum Gasteiger partial charge on any atom is 0.307 e. The van der Waals surface area contributed by atoms with Crippen LogP contribution in [0.3, 0.4) is 0 Å². The van der Waals surface area contributed by atoms with Crippen molar-refractivity contribution >= 4 is 11.9 Å². The highest BCUT2D eigenvalue weighted by Crippen LogP contribution is 2.27. The fourth-order valence-corrected chi connectivity index (χ4v) is 6.12. The van der Waals surface area contributed by atoms with Gasteiger partial charge in [0, 0.05) is 13.1 Å². The van der Waals surface area contributed by atoms with E-state index in [1.54, 1.807) is 0 Å². The number of rotatable bonds is 19. The van der Waals surface area contributed by atoms with Crippen LogP contribution in [0.1, 0.15) is 131 Å². The highest BCUT2D eigenvalue weighted by atomic mass is 16.5.